The number of anilines is 1. The minimum Gasteiger partial charge on any atom is -0.388 e. The van der Waals surface area contributed by atoms with Gasteiger partial charge in [-0.25, -0.2) is 4.39 Å². The van der Waals surface area contributed by atoms with E-state index in [1.807, 2.05) is 13.1 Å². The smallest absolute Gasteiger partial charge is 0.128 e. The molecule has 1 aromatic carbocycles. The van der Waals surface area contributed by atoms with E-state index < -0.39 is 0 Å². The first-order valence-electron chi connectivity index (χ1n) is 8.34. The van der Waals surface area contributed by atoms with Crippen molar-refractivity contribution in [1.29, 1.82) is 0 Å². The van der Waals surface area contributed by atoms with Gasteiger partial charge in [0.25, 0.3) is 0 Å². The van der Waals surface area contributed by atoms with Crippen LogP contribution in [0.15, 0.2) is 18.2 Å². The summed E-state index contributed by atoms with van der Waals surface area (Å²) in [6.45, 7) is 1.00. The standard InChI is InChI=1S/C17H28FN3OS/c1-19-16-7-3-6-15(18)14(16)8-9-17-20-11-10-13(21(17)2)5-4-12-23-22/h3,6-7,13,17,19-20,22H,4-5,8-12H2,1-2H3. The van der Waals surface area contributed by atoms with Gasteiger partial charge in [0.05, 0.1) is 6.17 Å². The molecule has 1 fully saturated rings. The second-order valence-corrected chi connectivity index (χ2v) is 6.77. The van der Waals surface area contributed by atoms with Gasteiger partial charge in [0.15, 0.2) is 0 Å². The maximum atomic E-state index is 14.1. The number of hydrogen-bond acceptors (Lipinski definition) is 5. The highest BCUT2D eigenvalue weighted by Gasteiger charge is 2.26. The highest BCUT2D eigenvalue weighted by atomic mass is 32.2. The van der Waals surface area contributed by atoms with Gasteiger partial charge in [-0.2, -0.15) is 0 Å². The van der Waals surface area contributed by atoms with Crippen molar-refractivity contribution in [2.75, 3.05) is 31.7 Å². The van der Waals surface area contributed by atoms with Crippen LogP contribution in [0, 0.1) is 5.82 Å². The molecule has 1 aromatic rings. The zero-order chi connectivity index (χ0) is 16.7. The van der Waals surface area contributed by atoms with E-state index in [0.29, 0.717) is 12.5 Å². The van der Waals surface area contributed by atoms with Crippen molar-refractivity contribution in [2.24, 2.45) is 0 Å². The normalized spacial score (nSPS) is 22.3. The van der Waals surface area contributed by atoms with Crippen LogP contribution >= 0.6 is 12.0 Å². The molecule has 1 aliphatic rings. The molecule has 130 valence electrons. The van der Waals surface area contributed by atoms with Crippen molar-refractivity contribution in [2.45, 2.75) is 44.3 Å². The summed E-state index contributed by atoms with van der Waals surface area (Å²) in [5, 5.41) is 6.62. The molecule has 1 heterocycles. The molecule has 0 saturated carbocycles. The molecule has 2 unspecified atom stereocenters. The van der Waals surface area contributed by atoms with Gasteiger partial charge in [-0.3, -0.25) is 4.90 Å². The predicted octanol–water partition coefficient (Wildman–Crippen LogP) is 3.41. The number of benzene rings is 1. The zero-order valence-electron chi connectivity index (χ0n) is 14.0. The maximum Gasteiger partial charge on any atom is 0.128 e. The zero-order valence-corrected chi connectivity index (χ0v) is 14.8. The number of halogens is 1. The summed E-state index contributed by atoms with van der Waals surface area (Å²) in [4.78, 5) is 2.38. The second kappa shape index (κ2) is 9.47. The van der Waals surface area contributed by atoms with Crippen LogP contribution in [-0.2, 0) is 6.42 Å². The summed E-state index contributed by atoms with van der Waals surface area (Å²) in [5.41, 5.74) is 1.64. The van der Waals surface area contributed by atoms with E-state index in [-0.39, 0.29) is 12.0 Å². The molecule has 0 aliphatic carbocycles. The Hall–Kier alpha value is -0.820. The summed E-state index contributed by atoms with van der Waals surface area (Å²) in [6, 6.07) is 5.73. The minimum atomic E-state index is -0.133. The molecule has 23 heavy (non-hydrogen) atoms. The highest BCUT2D eigenvalue weighted by molar-refractivity contribution is 7.93. The fourth-order valence-electron chi connectivity index (χ4n) is 3.38. The molecule has 1 saturated heterocycles. The Labute approximate surface area is 143 Å². The van der Waals surface area contributed by atoms with Crippen LogP contribution in [0.1, 0.15) is 31.2 Å². The van der Waals surface area contributed by atoms with Gasteiger partial charge >= 0.3 is 0 Å². The Bertz CT molecular complexity index is 489. The third kappa shape index (κ3) is 5.08. The predicted molar refractivity (Wildman–Crippen MR) is 96.5 cm³/mol. The Morgan fingerprint density at radius 2 is 2.26 bits per heavy atom. The van der Waals surface area contributed by atoms with Crippen molar-refractivity contribution in [1.82, 2.24) is 10.2 Å². The summed E-state index contributed by atoms with van der Waals surface area (Å²) >= 11 is 0.923. The first-order valence-corrected chi connectivity index (χ1v) is 9.28. The van der Waals surface area contributed by atoms with Crippen LogP contribution in [-0.4, -0.2) is 48.1 Å². The lowest BCUT2D eigenvalue weighted by molar-refractivity contribution is 0.0879. The molecule has 2 atom stereocenters. The lowest BCUT2D eigenvalue weighted by Gasteiger charge is -2.40. The average molecular weight is 341 g/mol. The maximum absolute atomic E-state index is 14.1. The van der Waals surface area contributed by atoms with E-state index in [2.05, 4.69) is 22.6 Å². The van der Waals surface area contributed by atoms with Crippen molar-refractivity contribution in [3.8, 4) is 0 Å². The lowest BCUT2D eigenvalue weighted by Crippen LogP contribution is -2.54. The van der Waals surface area contributed by atoms with E-state index in [1.165, 1.54) is 6.07 Å². The van der Waals surface area contributed by atoms with Gasteiger partial charge in [-0.1, -0.05) is 6.07 Å². The summed E-state index contributed by atoms with van der Waals surface area (Å²) in [7, 11) is 3.98. The van der Waals surface area contributed by atoms with Crippen LogP contribution in [0.5, 0.6) is 0 Å². The number of hydrogen-bond donors (Lipinski definition) is 3. The second-order valence-electron chi connectivity index (χ2n) is 6.11. The Morgan fingerprint density at radius 3 is 3.00 bits per heavy atom. The molecule has 4 nitrogen and oxygen atoms in total. The van der Waals surface area contributed by atoms with E-state index in [0.717, 1.165) is 61.3 Å². The van der Waals surface area contributed by atoms with Crippen molar-refractivity contribution < 1.29 is 8.94 Å². The number of rotatable bonds is 8. The minimum absolute atomic E-state index is 0.133. The van der Waals surface area contributed by atoms with Crippen LogP contribution in [0.3, 0.4) is 0 Å². The Balaban J connectivity index is 1.92. The van der Waals surface area contributed by atoms with Crippen LogP contribution in [0.2, 0.25) is 0 Å². The molecular weight excluding hydrogens is 313 g/mol. The molecule has 3 N–H and O–H groups in total. The molecule has 0 aromatic heterocycles. The van der Waals surface area contributed by atoms with E-state index in [9.17, 15) is 4.39 Å². The number of nitrogens with one attached hydrogen (secondary N) is 2. The van der Waals surface area contributed by atoms with Crippen LogP contribution in [0.25, 0.3) is 0 Å². The molecule has 6 heteroatoms. The third-order valence-corrected chi connectivity index (χ3v) is 5.23. The van der Waals surface area contributed by atoms with E-state index in [1.54, 1.807) is 6.07 Å². The first-order chi connectivity index (χ1) is 11.2. The molecule has 2 rings (SSSR count). The molecule has 0 amide bonds. The summed E-state index contributed by atoms with van der Waals surface area (Å²) < 4.78 is 22.9. The van der Waals surface area contributed by atoms with Gasteiger partial charge in [0.1, 0.15) is 5.82 Å². The molecule has 0 spiro atoms. The molecule has 1 aliphatic heterocycles. The highest BCUT2D eigenvalue weighted by Crippen LogP contribution is 2.23. The fraction of sp³-hybridized carbons (Fsp3) is 0.647. The average Bonchev–Trinajstić information content (AvgIpc) is 2.56. The monoisotopic (exact) mass is 341 g/mol. The largest absolute Gasteiger partial charge is 0.388 e. The fourth-order valence-corrected chi connectivity index (χ4v) is 3.68. The van der Waals surface area contributed by atoms with Crippen molar-refractivity contribution in [3.05, 3.63) is 29.6 Å². The van der Waals surface area contributed by atoms with E-state index in [4.69, 9.17) is 4.55 Å². The van der Waals surface area contributed by atoms with Crippen molar-refractivity contribution >= 4 is 17.7 Å². The molecule has 0 radical (unpaired) electrons. The van der Waals surface area contributed by atoms with Gasteiger partial charge in [0, 0.05) is 30.1 Å². The molecular formula is C17H28FN3OS. The van der Waals surface area contributed by atoms with Crippen molar-refractivity contribution in [3.63, 3.8) is 0 Å². The van der Waals surface area contributed by atoms with Gasteiger partial charge in [-0.05, 0) is 69.9 Å². The Kier molecular flexibility index (Phi) is 7.62. The van der Waals surface area contributed by atoms with Gasteiger partial charge in [-0.15, -0.1) is 0 Å². The number of nitrogens with zero attached hydrogens (tertiary/aromatic N) is 1. The van der Waals surface area contributed by atoms with Gasteiger partial charge < -0.3 is 15.2 Å². The van der Waals surface area contributed by atoms with Crippen LogP contribution in [0.4, 0.5) is 10.1 Å². The SMILES string of the molecule is CNc1cccc(F)c1CCC1NCCC(CCCSO)N1C. The first kappa shape index (κ1) is 18.5. The van der Waals surface area contributed by atoms with Gasteiger partial charge in [0.2, 0.25) is 0 Å². The topological polar surface area (TPSA) is 47.5 Å². The lowest BCUT2D eigenvalue weighted by atomic mass is 10.00. The summed E-state index contributed by atoms with van der Waals surface area (Å²) in [6.07, 6.45) is 5.13. The van der Waals surface area contributed by atoms with Crippen LogP contribution < -0.4 is 10.6 Å². The summed E-state index contributed by atoms with van der Waals surface area (Å²) in [5.74, 6) is 0.662. The van der Waals surface area contributed by atoms with E-state index >= 15 is 0 Å². The third-order valence-electron chi connectivity index (χ3n) is 4.75. The quantitative estimate of drug-likeness (QED) is 0.500. The Morgan fingerprint density at radius 1 is 1.43 bits per heavy atom. The molecule has 0 bridgehead atoms.